The van der Waals surface area contributed by atoms with E-state index in [1.807, 2.05) is 6.07 Å². The van der Waals surface area contributed by atoms with Gasteiger partial charge in [0.05, 0.1) is 4.90 Å². The lowest BCUT2D eigenvalue weighted by Crippen LogP contribution is -2.37. The summed E-state index contributed by atoms with van der Waals surface area (Å²) >= 11 is 0. The zero-order chi connectivity index (χ0) is 17.9. The number of hydrogen-bond donors (Lipinski definition) is 1. The molecule has 1 aliphatic rings. The molecule has 0 fully saturated rings. The lowest BCUT2D eigenvalue weighted by atomic mass is 10.0. The van der Waals surface area contributed by atoms with Crippen LogP contribution in [0, 0.1) is 0 Å². The van der Waals surface area contributed by atoms with Gasteiger partial charge in [-0.1, -0.05) is 36.4 Å². The van der Waals surface area contributed by atoms with Gasteiger partial charge in [0.2, 0.25) is 10.0 Å². The van der Waals surface area contributed by atoms with Crippen molar-refractivity contribution in [1.82, 2.24) is 9.62 Å². The van der Waals surface area contributed by atoms with Crippen LogP contribution in [0.4, 0.5) is 0 Å². The van der Waals surface area contributed by atoms with E-state index >= 15 is 0 Å². The zero-order valence-corrected chi connectivity index (χ0v) is 15.1. The molecule has 0 spiro atoms. The van der Waals surface area contributed by atoms with E-state index in [9.17, 15) is 13.2 Å². The molecule has 1 heterocycles. The van der Waals surface area contributed by atoms with Crippen LogP contribution in [0.15, 0.2) is 53.4 Å². The molecule has 25 heavy (non-hydrogen) atoms. The topological polar surface area (TPSA) is 66.5 Å². The smallest absolute Gasteiger partial charge is 0.240 e. The second-order valence-electron chi connectivity index (χ2n) is 6.27. The minimum absolute atomic E-state index is 0.0812. The molecule has 1 N–H and O–H groups in total. The second kappa shape index (κ2) is 7.47. The van der Waals surface area contributed by atoms with Gasteiger partial charge in [0.1, 0.15) is 0 Å². The number of sulfonamides is 1. The number of ketones is 1. The van der Waals surface area contributed by atoms with Crippen LogP contribution in [0.1, 0.15) is 28.4 Å². The average molecular weight is 358 g/mol. The van der Waals surface area contributed by atoms with Gasteiger partial charge < -0.3 is 0 Å². The molecule has 0 aliphatic carbocycles. The number of benzene rings is 2. The van der Waals surface area contributed by atoms with Gasteiger partial charge in [0.25, 0.3) is 0 Å². The van der Waals surface area contributed by atoms with Crippen LogP contribution < -0.4 is 4.72 Å². The number of fused-ring (bicyclic) bond motifs is 1. The van der Waals surface area contributed by atoms with Gasteiger partial charge in [0.15, 0.2) is 5.78 Å². The molecule has 6 heteroatoms. The van der Waals surface area contributed by atoms with E-state index in [1.54, 1.807) is 12.1 Å². The van der Waals surface area contributed by atoms with Gasteiger partial charge in [0, 0.05) is 31.7 Å². The van der Waals surface area contributed by atoms with Crippen LogP contribution in [0.25, 0.3) is 0 Å². The van der Waals surface area contributed by atoms with E-state index in [0.717, 1.165) is 19.5 Å². The summed E-state index contributed by atoms with van der Waals surface area (Å²) in [6, 6.07) is 14.4. The average Bonchev–Trinajstić information content (AvgIpc) is 2.61. The molecule has 3 rings (SSSR count). The summed E-state index contributed by atoms with van der Waals surface area (Å²) in [5, 5.41) is 0. The SMILES string of the molecule is CC(=O)c1ccc(S(=O)(=O)NCCN2CCc3ccccc3C2)cc1. The number of rotatable bonds is 6. The predicted octanol–water partition coefficient (Wildman–Crippen LogP) is 2.23. The lowest BCUT2D eigenvalue weighted by molar-refractivity contribution is 0.101. The Labute approximate surface area is 148 Å². The fraction of sp³-hybridized carbons (Fsp3) is 0.316. The summed E-state index contributed by atoms with van der Waals surface area (Å²) in [6.07, 6.45) is 0.995. The highest BCUT2D eigenvalue weighted by atomic mass is 32.2. The fourth-order valence-corrected chi connectivity index (χ4v) is 4.06. The molecule has 0 amide bonds. The fourth-order valence-electron chi connectivity index (χ4n) is 3.04. The molecule has 0 saturated carbocycles. The van der Waals surface area contributed by atoms with Gasteiger partial charge >= 0.3 is 0 Å². The van der Waals surface area contributed by atoms with Crippen LogP contribution in [0.3, 0.4) is 0 Å². The van der Waals surface area contributed by atoms with E-state index in [0.29, 0.717) is 18.7 Å². The van der Waals surface area contributed by atoms with Crippen molar-refractivity contribution in [2.75, 3.05) is 19.6 Å². The Hall–Kier alpha value is -2.02. The third-order valence-corrected chi connectivity index (χ3v) is 5.98. The highest BCUT2D eigenvalue weighted by molar-refractivity contribution is 7.89. The zero-order valence-electron chi connectivity index (χ0n) is 14.2. The number of carbonyl (C=O) groups excluding carboxylic acids is 1. The lowest BCUT2D eigenvalue weighted by Gasteiger charge is -2.28. The maximum atomic E-state index is 12.3. The van der Waals surface area contributed by atoms with Crippen LogP contribution >= 0.6 is 0 Å². The maximum Gasteiger partial charge on any atom is 0.240 e. The van der Waals surface area contributed by atoms with Crippen molar-refractivity contribution in [3.8, 4) is 0 Å². The highest BCUT2D eigenvalue weighted by Gasteiger charge is 2.17. The summed E-state index contributed by atoms with van der Waals surface area (Å²) in [6.45, 7) is 4.27. The van der Waals surface area contributed by atoms with Crippen LogP contribution in [-0.2, 0) is 23.0 Å². The second-order valence-corrected chi connectivity index (χ2v) is 8.04. The monoisotopic (exact) mass is 358 g/mol. The Morgan fingerprint density at radius 1 is 1.08 bits per heavy atom. The predicted molar refractivity (Wildman–Crippen MR) is 97.1 cm³/mol. The maximum absolute atomic E-state index is 12.3. The van der Waals surface area contributed by atoms with Crippen molar-refractivity contribution in [3.63, 3.8) is 0 Å². The van der Waals surface area contributed by atoms with Gasteiger partial charge in [-0.3, -0.25) is 9.69 Å². The Morgan fingerprint density at radius 3 is 2.44 bits per heavy atom. The summed E-state index contributed by atoms with van der Waals surface area (Å²) in [7, 11) is -3.55. The largest absolute Gasteiger partial charge is 0.297 e. The quantitative estimate of drug-likeness (QED) is 0.804. The van der Waals surface area contributed by atoms with Crippen LogP contribution in [0.5, 0.6) is 0 Å². The first kappa shape index (κ1) is 17.8. The molecule has 1 aliphatic heterocycles. The number of nitrogens with zero attached hydrogens (tertiary/aromatic N) is 1. The third kappa shape index (κ3) is 4.34. The van der Waals surface area contributed by atoms with E-state index in [4.69, 9.17) is 0 Å². The standard InChI is InChI=1S/C19H22N2O3S/c1-15(22)16-6-8-19(9-7-16)25(23,24)20-11-13-21-12-10-17-4-2-3-5-18(17)14-21/h2-9,20H,10-14H2,1H3. The molecule has 2 aromatic rings. The number of carbonyl (C=O) groups is 1. The Kier molecular flexibility index (Phi) is 5.32. The molecule has 2 aromatic carbocycles. The van der Waals surface area contributed by atoms with E-state index in [1.165, 1.54) is 30.2 Å². The van der Waals surface area contributed by atoms with Gasteiger partial charge in [-0.25, -0.2) is 13.1 Å². The van der Waals surface area contributed by atoms with Crippen molar-refractivity contribution in [1.29, 1.82) is 0 Å². The van der Waals surface area contributed by atoms with Gasteiger partial charge in [-0.05, 0) is 36.6 Å². The first-order valence-electron chi connectivity index (χ1n) is 8.35. The number of hydrogen-bond acceptors (Lipinski definition) is 4. The van der Waals surface area contributed by atoms with E-state index in [2.05, 4.69) is 27.8 Å². The molecule has 0 aromatic heterocycles. The summed E-state index contributed by atoms with van der Waals surface area (Å²) < 4.78 is 27.3. The van der Waals surface area contributed by atoms with Crippen molar-refractivity contribution >= 4 is 15.8 Å². The molecule has 0 saturated heterocycles. The number of Topliss-reactive ketones (excluding diaryl/α,β-unsaturated/α-hetero) is 1. The molecule has 0 bridgehead atoms. The van der Waals surface area contributed by atoms with E-state index < -0.39 is 10.0 Å². The molecular formula is C19H22N2O3S. The van der Waals surface area contributed by atoms with Crippen molar-refractivity contribution in [2.45, 2.75) is 24.8 Å². The third-order valence-electron chi connectivity index (χ3n) is 4.50. The normalized spacial score (nSPS) is 14.9. The molecular weight excluding hydrogens is 336 g/mol. The van der Waals surface area contributed by atoms with Crippen molar-refractivity contribution in [3.05, 3.63) is 65.2 Å². The Morgan fingerprint density at radius 2 is 1.76 bits per heavy atom. The molecule has 0 radical (unpaired) electrons. The van der Waals surface area contributed by atoms with Gasteiger partial charge in [-0.2, -0.15) is 0 Å². The van der Waals surface area contributed by atoms with Crippen LogP contribution in [0.2, 0.25) is 0 Å². The van der Waals surface area contributed by atoms with Crippen molar-refractivity contribution in [2.24, 2.45) is 0 Å². The van der Waals surface area contributed by atoms with Crippen molar-refractivity contribution < 1.29 is 13.2 Å². The van der Waals surface area contributed by atoms with E-state index in [-0.39, 0.29) is 10.7 Å². The minimum Gasteiger partial charge on any atom is -0.297 e. The Balaban J connectivity index is 1.55. The molecule has 0 atom stereocenters. The Bertz CT molecular complexity index is 860. The summed E-state index contributed by atoms with van der Waals surface area (Å²) in [5.41, 5.74) is 3.20. The summed E-state index contributed by atoms with van der Waals surface area (Å²) in [4.78, 5) is 13.7. The first-order chi connectivity index (χ1) is 12.0. The minimum atomic E-state index is -3.55. The van der Waals surface area contributed by atoms with Gasteiger partial charge in [-0.15, -0.1) is 0 Å². The highest BCUT2D eigenvalue weighted by Crippen LogP contribution is 2.18. The van der Waals surface area contributed by atoms with Crippen LogP contribution in [-0.4, -0.2) is 38.7 Å². The molecule has 5 nitrogen and oxygen atoms in total. The molecule has 132 valence electrons. The first-order valence-corrected chi connectivity index (χ1v) is 9.84. The summed E-state index contributed by atoms with van der Waals surface area (Å²) in [5.74, 6) is -0.0812. The molecule has 0 unspecified atom stereocenters. The number of nitrogens with one attached hydrogen (secondary N) is 1.